The van der Waals surface area contributed by atoms with Crippen molar-refractivity contribution in [2.45, 2.75) is 0 Å². The third-order valence-corrected chi connectivity index (χ3v) is 3.10. The highest BCUT2D eigenvalue weighted by molar-refractivity contribution is 6.18. The van der Waals surface area contributed by atoms with E-state index in [2.05, 4.69) is 15.3 Å². The van der Waals surface area contributed by atoms with Crippen LogP contribution in [-0.4, -0.2) is 22.9 Å². The first-order chi connectivity index (χ1) is 9.13. The number of carbonyl (C=O) groups excluding carboxylic acids is 1. The number of halogens is 1. The van der Waals surface area contributed by atoms with Crippen molar-refractivity contribution < 1.29 is 9.18 Å². The van der Waals surface area contributed by atoms with Gasteiger partial charge in [-0.05, 0) is 12.1 Å². The summed E-state index contributed by atoms with van der Waals surface area (Å²) in [6.07, 6.45) is 1.38. The van der Waals surface area contributed by atoms with Gasteiger partial charge in [-0.2, -0.15) is 0 Å². The van der Waals surface area contributed by atoms with Gasteiger partial charge in [-0.25, -0.2) is 9.37 Å². The SMILES string of the molecule is CNc1ncc(C(N)=O)c2[nH]c3cccc(F)c3c12. The van der Waals surface area contributed by atoms with E-state index in [0.717, 1.165) is 0 Å². The minimum Gasteiger partial charge on any atom is -0.373 e. The fourth-order valence-electron chi connectivity index (χ4n) is 2.28. The highest BCUT2D eigenvalue weighted by atomic mass is 19.1. The van der Waals surface area contributed by atoms with Crippen LogP contribution in [-0.2, 0) is 0 Å². The van der Waals surface area contributed by atoms with Gasteiger partial charge in [-0.1, -0.05) is 6.07 Å². The largest absolute Gasteiger partial charge is 0.373 e. The van der Waals surface area contributed by atoms with Crippen molar-refractivity contribution >= 4 is 33.5 Å². The number of anilines is 1. The summed E-state index contributed by atoms with van der Waals surface area (Å²) in [5, 5.41) is 3.83. The Morgan fingerprint density at radius 2 is 2.21 bits per heavy atom. The molecule has 5 nitrogen and oxygen atoms in total. The lowest BCUT2D eigenvalue weighted by Gasteiger charge is -2.04. The van der Waals surface area contributed by atoms with Crippen molar-refractivity contribution in [3.05, 3.63) is 35.8 Å². The van der Waals surface area contributed by atoms with Gasteiger partial charge in [0.25, 0.3) is 5.91 Å². The molecule has 0 aliphatic rings. The van der Waals surface area contributed by atoms with Gasteiger partial charge in [-0.15, -0.1) is 0 Å². The minimum atomic E-state index is -0.605. The Morgan fingerprint density at radius 3 is 2.89 bits per heavy atom. The number of hydrogen-bond donors (Lipinski definition) is 3. The maximum Gasteiger partial charge on any atom is 0.252 e. The summed E-state index contributed by atoms with van der Waals surface area (Å²) >= 11 is 0. The fourth-order valence-corrected chi connectivity index (χ4v) is 2.28. The number of fused-ring (bicyclic) bond motifs is 3. The number of H-pyrrole nitrogens is 1. The van der Waals surface area contributed by atoms with Crippen LogP contribution >= 0.6 is 0 Å². The first-order valence-electron chi connectivity index (χ1n) is 5.70. The Balaban J connectivity index is 2.59. The minimum absolute atomic E-state index is 0.240. The van der Waals surface area contributed by atoms with Gasteiger partial charge in [0, 0.05) is 24.1 Å². The summed E-state index contributed by atoms with van der Waals surface area (Å²) in [5.74, 6) is -0.480. The molecule has 0 saturated carbocycles. The van der Waals surface area contributed by atoms with Gasteiger partial charge < -0.3 is 16.0 Å². The fraction of sp³-hybridized carbons (Fsp3) is 0.0769. The number of nitrogens with one attached hydrogen (secondary N) is 2. The van der Waals surface area contributed by atoms with Gasteiger partial charge in [0.1, 0.15) is 11.6 Å². The Hall–Kier alpha value is -2.63. The van der Waals surface area contributed by atoms with Crippen molar-refractivity contribution in [2.75, 3.05) is 12.4 Å². The number of aromatic amines is 1. The number of nitrogens with zero attached hydrogens (tertiary/aromatic N) is 1. The summed E-state index contributed by atoms with van der Waals surface area (Å²) in [6.45, 7) is 0. The van der Waals surface area contributed by atoms with E-state index in [1.807, 2.05) is 0 Å². The summed E-state index contributed by atoms with van der Waals surface area (Å²) < 4.78 is 14.0. The molecule has 0 radical (unpaired) electrons. The zero-order chi connectivity index (χ0) is 13.6. The van der Waals surface area contributed by atoms with E-state index in [0.29, 0.717) is 27.6 Å². The molecule has 0 spiro atoms. The van der Waals surface area contributed by atoms with Gasteiger partial charge in [-0.3, -0.25) is 4.79 Å². The number of nitrogens with two attached hydrogens (primary N) is 1. The number of aromatic nitrogens is 2. The summed E-state index contributed by atoms with van der Waals surface area (Å²) in [6, 6.07) is 4.71. The molecule has 0 unspecified atom stereocenters. The van der Waals surface area contributed by atoms with Crippen LogP contribution in [0.5, 0.6) is 0 Å². The van der Waals surface area contributed by atoms with Gasteiger partial charge in [0.05, 0.1) is 16.5 Å². The van der Waals surface area contributed by atoms with Crippen LogP contribution in [0.3, 0.4) is 0 Å². The van der Waals surface area contributed by atoms with E-state index in [-0.39, 0.29) is 11.4 Å². The van der Waals surface area contributed by atoms with Gasteiger partial charge in [0.15, 0.2) is 0 Å². The highest BCUT2D eigenvalue weighted by Gasteiger charge is 2.17. The zero-order valence-corrected chi connectivity index (χ0v) is 10.1. The molecule has 1 amide bonds. The highest BCUT2D eigenvalue weighted by Crippen LogP contribution is 2.33. The first kappa shape index (κ1) is 11.5. The lowest BCUT2D eigenvalue weighted by Crippen LogP contribution is -2.12. The molecule has 2 heterocycles. The van der Waals surface area contributed by atoms with E-state index in [1.54, 1.807) is 19.2 Å². The lowest BCUT2D eigenvalue weighted by molar-refractivity contribution is 0.100. The topological polar surface area (TPSA) is 83.8 Å². The van der Waals surface area contributed by atoms with Crippen LogP contribution in [0.2, 0.25) is 0 Å². The average Bonchev–Trinajstić information content (AvgIpc) is 2.77. The van der Waals surface area contributed by atoms with Gasteiger partial charge >= 0.3 is 0 Å². The maximum atomic E-state index is 14.0. The van der Waals surface area contributed by atoms with E-state index in [1.165, 1.54) is 12.3 Å². The Labute approximate surface area is 107 Å². The second-order valence-electron chi connectivity index (χ2n) is 4.17. The van der Waals surface area contributed by atoms with E-state index >= 15 is 0 Å². The molecule has 0 bridgehead atoms. The number of rotatable bonds is 2. The second kappa shape index (κ2) is 3.94. The van der Waals surface area contributed by atoms with Crippen LogP contribution in [0.4, 0.5) is 10.2 Å². The summed E-state index contributed by atoms with van der Waals surface area (Å²) in [4.78, 5) is 18.6. The number of benzene rings is 1. The smallest absolute Gasteiger partial charge is 0.252 e. The number of pyridine rings is 1. The lowest BCUT2D eigenvalue weighted by atomic mass is 10.1. The number of carbonyl (C=O) groups is 1. The normalized spacial score (nSPS) is 11.1. The molecule has 2 aromatic heterocycles. The molecule has 3 rings (SSSR count). The second-order valence-corrected chi connectivity index (χ2v) is 4.17. The number of hydrogen-bond acceptors (Lipinski definition) is 3. The van der Waals surface area contributed by atoms with Crippen LogP contribution in [0.1, 0.15) is 10.4 Å². The molecular weight excluding hydrogens is 247 g/mol. The van der Waals surface area contributed by atoms with E-state index in [4.69, 9.17) is 5.73 Å². The molecule has 1 aromatic carbocycles. The summed E-state index contributed by atoms with van der Waals surface area (Å²) in [5.41, 5.74) is 6.65. The monoisotopic (exact) mass is 258 g/mol. The Bertz CT molecular complexity index is 809. The number of primary amides is 1. The van der Waals surface area contributed by atoms with E-state index < -0.39 is 5.91 Å². The van der Waals surface area contributed by atoms with E-state index in [9.17, 15) is 9.18 Å². The molecule has 3 aromatic rings. The molecule has 19 heavy (non-hydrogen) atoms. The van der Waals surface area contributed by atoms with Crippen LogP contribution in [0, 0.1) is 5.82 Å². The predicted molar refractivity (Wildman–Crippen MR) is 71.6 cm³/mol. The van der Waals surface area contributed by atoms with Crippen molar-refractivity contribution in [3.8, 4) is 0 Å². The number of amides is 1. The predicted octanol–water partition coefficient (Wildman–Crippen LogP) is 2.00. The van der Waals surface area contributed by atoms with Crippen LogP contribution in [0.25, 0.3) is 21.8 Å². The summed E-state index contributed by atoms with van der Waals surface area (Å²) in [7, 11) is 1.69. The molecule has 0 aliphatic carbocycles. The van der Waals surface area contributed by atoms with Crippen molar-refractivity contribution in [1.29, 1.82) is 0 Å². The van der Waals surface area contributed by atoms with Gasteiger partial charge in [0.2, 0.25) is 0 Å². The van der Waals surface area contributed by atoms with Crippen molar-refractivity contribution in [1.82, 2.24) is 9.97 Å². The zero-order valence-electron chi connectivity index (χ0n) is 10.1. The standard InChI is InChI=1S/C13H11FN4O/c1-16-13-10-9-7(14)3-2-4-8(9)18-11(10)6(5-17-13)12(15)19/h2-5,18H,1H3,(H2,15,19)(H,16,17). The molecule has 0 fully saturated rings. The third kappa shape index (κ3) is 1.53. The molecule has 0 atom stereocenters. The van der Waals surface area contributed by atoms with Crippen LogP contribution in [0.15, 0.2) is 24.4 Å². The Kier molecular flexibility index (Phi) is 2.38. The maximum absolute atomic E-state index is 14.0. The molecule has 0 saturated heterocycles. The van der Waals surface area contributed by atoms with Crippen molar-refractivity contribution in [2.24, 2.45) is 5.73 Å². The first-order valence-corrected chi connectivity index (χ1v) is 5.70. The molecule has 0 aliphatic heterocycles. The quantitative estimate of drug-likeness (QED) is 0.657. The average molecular weight is 258 g/mol. The molecular formula is C13H11FN4O. The van der Waals surface area contributed by atoms with Crippen LogP contribution < -0.4 is 11.1 Å². The third-order valence-electron chi connectivity index (χ3n) is 3.10. The Morgan fingerprint density at radius 1 is 1.42 bits per heavy atom. The van der Waals surface area contributed by atoms with Crippen molar-refractivity contribution in [3.63, 3.8) is 0 Å². The molecule has 6 heteroatoms. The molecule has 4 N–H and O–H groups in total. The molecule has 96 valence electrons.